The summed E-state index contributed by atoms with van der Waals surface area (Å²) in [6.45, 7) is 6.33. The first-order valence-electron chi connectivity index (χ1n) is 13.6. The van der Waals surface area contributed by atoms with Gasteiger partial charge in [-0.1, -0.05) is 6.92 Å². The molecule has 0 aromatic rings. The zero-order chi connectivity index (χ0) is 22.3. The fourth-order valence-corrected chi connectivity index (χ4v) is 9.56. The molecule has 8 bridgehead atoms. The molecule has 0 atom stereocenters. The maximum Gasteiger partial charge on any atom is 0.312 e. The molecule has 8 saturated carbocycles. The van der Waals surface area contributed by atoms with Crippen molar-refractivity contribution in [2.45, 2.75) is 103 Å². The highest BCUT2D eigenvalue weighted by Crippen LogP contribution is 2.62. The van der Waals surface area contributed by atoms with Gasteiger partial charge in [-0.25, -0.2) is 0 Å². The normalized spacial score (nSPS) is 48.2. The lowest BCUT2D eigenvalue weighted by Crippen LogP contribution is -2.63. The van der Waals surface area contributed by atoms with Gasteiger partial charge in [-0.05, 0) is 120 Å². The average Bonchev–Trinajstić information content (AvgIpc) is 2.73. The number of hydrogen-bond donors (Lipinski definition) is 0. The van der Waals surface area contributed by atoms with Gasteiger partial charge in [-0.2, -0.15) is 0 Å². The SMILES string of the molecule is CCC(C)(C)C(=O)OC1(COC(=O)C23CC4CC(CC(C4)C2)C3)C2CC3CC(C2)CC1C3. The van der Waals surface area contributed by atoms with Crippen molar-refractivity contribution in [3.8, 4) is 0 Å². The first kappa shape index (κ1) is 21.5. The molecule has 0 unspecified atom stereocenters. The van der Waals surface area contributed by atoms with Crippen LogP contribution in [0.15, 0.2) is 0 Å². The van der Waals surface area contributed by atoms with Gasteiger partial charge in [-0.3, -0.25) is 9.59 Å². The molecular formula is C28H42O4. The lowest BCUT2D eigenvalue weighted by molar-refractivity contribution is -0.236. The summed E-state index contributed by atoms with van der Waals surface area (Å²) in [6.07, 6.45) is 13.7. The highest BCUT2D eigenvalue weighted by Gasteiger charge is 2.62. The summed E-state index contributed by atoms with van der Waals surface area (Å²) in [6, 6.07) is 0. The number of carbonyl (C=O) groups is 2. The van der Waals surface area contributed by atoms with E-state index in [0.29, 0.717) is 18.4 Å². The molecule has 8 aliphatic carbocycles. The van der Waals surface area contributed by atoms with Crippen molar-refractivity contribution in [2.75, 3.05) is 6.61 Å². The maximum atomic E-state index is 13.7. The minimum Gasteiger partial charge on any atom is -0.461 e. The molecule has 8 rings (SSSR count). The Morgan fingerprint density at radius 2 is 1.25 bits per heavy atom. The molecule has 32 heavy (non-hydrogen) atoms. The average molecular weight is 443 g/mol. The standard InChI is InChI=1S/C28H42O4/c1-4-26(2,3)24(29)32-28(22-9-17-5-18(11-22)12-23(28)10-17)16-31-25(30)27-13-19-6-20(14-27)8-21(7-19)15-27/h17-23H,4-16H2,1-3H3. The quantitative estimate of drug-likeness (QED) is 0.479. The van der Waals surface area contributed by atoms with Crippen LogP contribution in [0.3, 0.4) is 0 Å². The summed E-state index contributed by atoms with van der Waals surface area (Å²) in [4.78, 5) is 26.9. The lowest BCUT2D eigenvalue weighted by Gasteiger charge is -2.60. The van der Waals surface area contributed by atoms with Gasteiger partial charge in [0.25, 0.3) is 0 Å². The Morgan fingerprint density at radius 1 is 0.781 bits per heavy atom. The van der Waals surface area contributed by atoms with E-state index in [1.807, 2.05) is 13.8 Å². The second kappa shape index (κ2) is 7.22. The Bertz CT molecular complexity index is 732. The zero-order valence-corrected chi connectivity index (χ0v) is 20.4. The van der Waals surface area contributed by atoms with Gasteiger partial charge in [0.1, 0.15) is 6.61 Å². The Hall–Kier alpha value is -1.06. The van der Waals surface area contributed by atoms with E-state index < -0.39 is 11.0 Å². The molecule has 0 amide bonds. The Labute approximate surface area is 193 Å². The molecule has 4 heteroatoms. The Balaban J connectivity index is 1.24. The van der Waals surface area contributed by atoms with Gasteiger partial charge in [0.2, 0.25) is 0 Å². The van der Waals surface area contributed by atoms with Crippen LogP contribution in [0, 0.1) is 52.3 Å². The molecule has 8 aliphatic rings. The number of carbonyl (C=O) groups excluding carboxylic acids is 2. The molecule has 0 spiro atoms. The smallest absolute Gasteiger partial charge is 0.312 e. The third-order valence-corrected chi connectivity index (χ3v) is 11.1. The summed E-state index contributed by atoms with van der Waals surface area (Å²) in [5, 5.41) is 0. The minimum atomic E-state index is -0.588. The summed E-state index contributed by atoms with van der Waals surface area (Å²) in [5.74, 6) is 4.41. The molecule has 0 N–H and O–H groups in total. The van der Waals surface area contributed by atoms with Gasteiger partial charge in [0.05, 0.1) is 10.8 Å². The predicted octanol–water partition coefficient (Wildman–Crippen LogP) is 5.92. The van der Waals surface area contributed by atoms with E-state index in [-0.39, 0.29) is 17.4 Å². The van der Waals surface area contributed by atoms with E-state index >= 15 is 0 Å². The van der Waals surface area contributed by atoms with Gasteiger partial charge < -0.3 is 9.47 Å². The topological polar surface area (TPSA) is 52.6 Å². The number of hydrogen-bond acceptors (Lipinski definition) is 4. The van der Waals surface area contributed by atoms with Crippen LogP contribution >= 0.6 is 0 Å². The molecule has 0 saturated heterocycles. The lowest BCUT2D eigenvalue weighted by atomic mass is 9.49. The van der Waals surface area contributed by atoms with Crippen LogP contribution in [0.4, 0.5) is 0 Å². The Morgan fingerprint density at radius 3 is 1.72 bits per heavy atom. The van der Waals surface area contributed by atoms with Gasteiger partial charge in [-0.15, -0.1) is 0 Å². The number of rotatable bonds is 6. The monoisotopic (exact) mass is 442 g/mol. The predicted molar refractivity (Wildman–Crippen MR) is 122 cm³/mol. The van der Waals surface area contributed by atoms with Crippen molar-refractivity contribution < 1.29 is 19.1 Å². The van der Waals surface area contributed by atoms with Crippen molar-refractivity contribution >= 4 is 11.9 Å². The third-order valence-electron chi connectivity index (χ3n) is 11.1. The molecular weight excluding hydrogens is 400 g/mol. The minimum absolute atomic E-state index is 0.0376. The summed E-state index contributed by atoms with van der Waals surface area (Å²) in [7, 11) is 0. The van der Waals surface area contributed by atoms with Crippen molar-refractivity contribution in [2.24, 2.45) is 52.3 Å². The van der Waals surface area contributed by atoms with Crippen LogP contribution < -0.4 is 0 Å². The van der Waals surface area contributed by atoms with Crippen molar-refractivity contribution in [1.82, 2.24) is 0 Å². The van der Waals surface area contributed by atoms with Crippen LogP contribution in [0.2, 0.25) is 0 Å². The van der Waals surface area contributed by atoms with E-state index in [0.717, 1.165) is 81.0 Å². The Kier molecular flexibility index (Phi) is 4.84. The molecule has 0 aromatic heterocycles. The van der Waals surface area contributed by atoms with E-state index in [1.54, 1.807) is 0 Å². The van der Waals surface area contributed by atoms with Crippen molar-refractivity contribution in [1.29, 1.82) is 0 Å². The van der Waals surface area contributed by atoms with Crippen LogP contribution in [-0.2, 0) is 19.1 Å². The molecule has 0 heterocycles. The third kappa shape index (κ3) is 3.21. The maximum absolute atomic E-state index is 13.7. The fraction of sp³-hybridized carbons (Fsp3) is 0.929. The first-order chi connectivity index (χ1) is 15.2. The molecule has 0 radical (unpaired) electrons. The molecule has 0 aromatic carbocycles. The largest absolute Gasteiger partial charge is 0.461 e. The summed E-state index contributed by atoms with van der Waals surface area (Å²) in [5.41, 5.74) is -1.32. The van der Waals surface area contributed by atoms with E-state index in [9.17, 15) is 9.59 Å². The van der Waals surface area contributed by atoms with Crippen LogP contribution in [0.25, 0.3) is 0 Å². The van der Waals surface area contributed by atoms with E-state index in [1.165, 1.54) is 25.7 Å². The highest BCUT2D eigenvalue weighted by atomic mass is 16.6. The fourth-order valence-electron chi connectivity index (χ4n) is 9.56. The van der Waals surface area contributed by atoms with Crippen molar-refractivity contribution in [3.05, 3.63) is 0 Å². The van der Waals surface area contributed by atoms with Gasteiger partial charge in [0, 0.05) is 11.8 Å². The van der Waals surface area contributed by atoms with Crippen LogP contribution in [0.1, 0.15) is 97.8 Å². The second-order valence-electron chi connectivity index (χ2n) is 13.7. The highest BCUT2D eigenvalue weighted by molar-refractivity contribution is 5.78. The summed E-state index contributed by atoms with van der Waals surface area (Å²) >= 11 is 0. The second-order valence-corrected chi connectivity index (χ2v) is 13.7. The van der Waals surface area contributed by atoms with Crippen molar-refractivity contribution in [3.63, 3.8) is 0 Å². The molecule has 0 aliphatic heterocycles. The summed E-state index contributed by atoms with van der Waals surface area (Å²) < 4.78 is 12.8. The molecule has 4 nitrogen and oxygen atoms in total. The van der Waals surface area contributed by atoms with Gasteiger partial charge >= 0.3 is 11.9 Å². The first-order valence-corrected chi connectivity index (χ1v) is 13.6. The van der Waals surface area contributed by atoms with Gasteiger partial charge in [0.15, 0.2) is 5.60 Å². The molecule has 8 fully saturated rings. The zero-order valence-electron chi connectivity index (χ0n) is 20.4. The molecule has 178 valence electrons. The van der Waals surface area contributed by atoms with Crippen LogP contribution in [-0.4, -0.2) is 24.1 Å². The number of ether oxygens (including phenoxy) is 2. The number of esters is 2. The van der Waals surface area contributed by atoms with E-state index in [4.69, 9.17) is 9.47 Å². The van der Waals surface area contributed by atoms with Crippen LogP contribution in [0.5, 0.6) is 0 Å². The van der Waals surface area contributed by atoms with E-state index in [2.05, 4.69) is 6.92 Å².